The highest BCUT2D eigenvalue weighted by Gasteiger charge is 2.12. The van der Waals surface area contributed by atoms with Crippen molar-refractivity contribution in [1.29, 1.82) is 0 Å². The highest BCUT2D eigenvalue weighted by Crippen LogP contribution is 2.32. The minimum Gasteiger partial charge on any atom is -0.320 e. The Morgan fingerprint density at radius 3 is 2.89 bits per heavy atom. The molecule has 0 radical (unpaired) electrons. The lowest BCUT2D eigenvalue weighted by Gasteiger charge is -2.08. The van der Waals surface area contributed by atoms with Crippen molar-refractivity contribution in [3.05, 3.63) is 65.0 Å². The Balaban J connectivity index is 2.04. The maximum atomic E-state index is 13.1. The lowest BCUT2D eigenvalue weighted by Crippen LogP contribution is -2.10. The summed E-state index contributed by atoms with van der Waals surface area (Å²) in [6.45, 7) is 0. The van der Waals surface area contributed by atoms with E-state index in [0.29, 0.717) is 0 Å². The molecule has 3 aromatic rings. The second kappa shape index (κ2) is 4.48. The summed E-state index contributed by atoms with van der Waals surface area (Å²) in [7, 11) is 0. The molecule has 0 aliphatic heterocycles. The van der Waals surface area contributed by atoms with Gasteiger partial charge in [0.05, 0.1) is 6.04 Å². The average molecular weight is 258 g/mol. The summed E-state index contributed by atoms with van der Waals surface area (Å²) in [5, 5.41) is 1.02. The van der Waals surface area contributed by atoms with Gasteiger partial charge in [-0.1, -0.05) is 12.1 Å². The Morgan fingerprint density at radius 1 is 1.22 bits per heavy atom. The predicted octanol–water partition coefficient (Wildman–Crippen LogP) is 3.48. The molecule has 0 fully saturated rings. The van der Waals surface area contributed by atoms with E-state index < -0.39 is 0 Å². The molecule has 18 heavy (non-hydrogen) atoms. The third kappa shape index (κ3) is 2.00. The Bertz CT molecular complexity index is 679. The van der Waals surface area contributed by atoms with Gasteiger partial charge >= 0.3 is 0 Å². The van der Waals surface area contributed by atoms with Crippen LogP contribution in [0.5, 0.6) is 0 Å². The van der Waals surface area contributed by atoms with Crippen LogP contribution < -0.4 is 5.73 Å². The third-order valence-electron chi connectivity index (χ3n) is 2.85. The Kier molecular flexibility index (Phi) is 2.81. The number of benzene rings is 1. The zero-order valence-corrected chi connectivity index (χ0v) is 10.3. The van der Waals surface area contributed by atoms with Crippen LogP contribution in [-0.4, -0.2) is 4.98 Å². The molecule has 90 valence electrons. The van der Waals surface area contributed by atoms with Gasteiger partial charge < -0.3 is 5.73 Å². The molecule has 3 rings (SSSR count). The molecule has 4 heteroatoms. The van der Waals surface area contributed by atoms with Gasteiger partial charge in [0, 0.05) is 22.0 Å². The van der Waals surface area contributed by atoms with Crippen molar-refractivity contribution in [2.75, 3.05) is 0 Å². The average Bonchev–Trinajstić information content (AvgIpc) is 2.81. The van der Waals surface area contributed by atoms with Crippen LogP contribution in [0.4, 0.5) is 4.39 Å². The number of pyridine rings is 1. The largest absolute Gasteiger partial charge is 0.320 e. The number of fused-ring (bicyclic) bond motifs is 1. The van der Waals surface area contributed by atoms with Crippen molar-refractivity contribution in [3.8, 4) is 0 Å². The van der Waals surface area contributed by atoms with Crippen molar-refractivity contribution in [2.24, 2.45) is 5.73 Å². The zero-order valence-electron chi connectivity index (χ0n) is 9.51. The fraction of sp³-hybridized carbons (Fsp3) is 0.0714. The maximum Gasteiger partial charge on any atom is 0.124 e. The van der Waals surface area contributed by atoms with E-state index in [-0.39, 0.29) is 11.9 Å². The van der Waals surface area contributed by atoms with Crippen molar-refractivity contribution < 1.29 is 4.39 Å². The van der Waals surface area contributed by atoms with E-state index in [9.17, 15) is 4.39 Å². The van der Waals surface area contributed by atoms with E-state index in [1.807, 2.05) is 18.2 Å². The van der Waals surface area contributed by atoms with Gasteiger partial charge in [0.25, 0.3) is 0 Å². The van der Waals surface area contributed by atoms with Crippen molar-refractivity contribution in [3.63, 3.8) is 0 Å². The number of thiophene rings is 1. The Labute approximate surface area is 108 Å². The summed E-state index contributed by atoms with van der Waals surface area (Å²) in [6.07, 6.45) is 3.48. The summed E-state index contributed by atoms with van der Waals surface area (Å²) >= 11 is 1.52. The second-order valence-corrected chi connectivity index (χ2v) is 5.21. The number of nitrogens with zero attached hydrogens (tertiary/aromatic N) is 1. The summed E-state index contributed by atoms with van der Waals surface area (Å²) in [4.78, 5) is 5.08. The first-order valence-corrected chi connectivity index (χ1v) is 6.40. The van der Waals surface area contributed by atoms with Gasteiger partial charge in [0.2, 0.25) is 0 Å². The molecule has 1 atom stereocenters. The number of rotatable bonds is 2. The zero-order chi connectivity index (χ0) is 12.5. The molecule has 0 spiro atoms. The monoisotopic (exact) mass is 258 g/mol. The van der Waals surface area contributed by atoms with Gasteiger partial charge in [-0.05, 0) is 35.2 Å². The van der Waals surface area contributed by atoms with E-state index in [0.717, 1.165) is 20.5 Å². The third-order valence-corrected chi connectivity index (χ3v) is 4.03. The number of nitrogens with two attached hydrogens (primary N) is 1. The number of hydrogen-bond donors (Lipinski definition) is 1. The summed E-state index contributed by atoms with van der Waals surface area (Å²) in [5.74, 6) is -0.217. The first-order chi connectivity index (χ1) is 8.74. The number of hydrogen-bond acceptors (Lipinski definition) is 3. The van der Waals surface area contributed by atoms with E-state index in [2.05, 4.69) is 4.98 Å². The topological polar surface area (TPSA) is 38.9 Å². The van der Waals surface area contributed by atoms with Crippen LogP contribution in [0.1, 0.15) is 16.5 Å². The molecule has 2 N–H and O–H groups in total. The number of aromatic nitrogens is 1. The molecule has 2 nitrogen and oxygen atoms in total. The first kappa shape index (κ1) is 11.3. The van der Waals surface area contributed by atoms with Crippen LogP contribution in [0.15, 0.2) is 48.8 Å². The van der Waals surface area contributed by atoms with Gasteiger partial charge in [-0.25, -0.2) is 4.39 Å². The lowest BCUT2D eigenvalue weighted by atomic mass is 10.1. The fourth-order valence-electron chi connectivity index (χ4n) is 1.90. The van der Waals surface area contributed by atoms with Crippen LogP contribution in [0.3, 0.4) is 0 Å². The van der Waals surface area contributed by atoms with Crippen LogP contribution in [0.25, 0.3) is 10.1 Å². The molecule has 1 aromatic carbocycles. The van der Waals surface area contributed by atoms with Gasteiger partial charge in [-0.15, -0.1) is 11.3 Å². The molecule has 0 amide bonds. The highest BCUT2D eigenvalue weighted by atomic mass is 32.1. The summed E-state index contributed by atoms with van der Waals surface area (Å²) in [6, 6.07) is 10.4. The summed E-state index contributed by atoms with van der Waals surface area (Å²) in [5.41, 5.74) is 7.16. The smallest absolute Gasteiger partial charge is 0.124 e. The van der Waals surface area contributed by atoms with Crippen LogP contribution in [0.2, 0.25) is 0 Å². The minimum atomic E-state index is -0.217. The van der Waals surface area contributed by atoms with Crippen molar-refractivity contribution >= 4 is 21.4 Å². The SMILES string of the molecule is NC(c1cccnc1)c1cc2ccc(F)cc2s1. The number of halogens is 1. The standard InChI is InChI=1S/C14H11FN2S/c15-11-4-3-9-6-13(18-12(9)7-11)14(16)10-2-1-5-17-8-10/h1-8,14H,16H2. The van der Waals surface area contributed by atoms with Crippen LogP contribution in [-0.2, 0) is 0 Å². The lowest BCUT2D eigenvalue weighted by molar-refractivity contribution is 0.630. The molecule has 0 bridgehead atoms. The Hall–Kier alpha value is -1.78. The van der Waals surface area contributed by atoms with Gasteiger partial charge in [-0.2, -0.15) is 0 Å². The van der Waals surface area contributed by atoms with Crippen LogP contribution >= 0.6 is 11.3 Å². The van der Waals surface area contributed by atoms with Crippen LogP contribution in [0, 0.1) is 5.82 Å². The molecule has 0 saturated heterocycles. The fourth-order valence-corrected chi connectivity index (χ4v) is 3.02. The van der Waals surface area contributed by atoms with E-state index in [1.165, 1.54) is 17.4 Å². The van der Waals surface area contributed by atoms with E-state index >= 15 is 0 Å². The predicted molar refractivity (Wildman–Crippen MR) is 72.1 cm³/mol. The molecule has 0 aliphatic rings. The van der Waals surface area contributed by atoms with Gasteiger partial charge in [0.15, 0.2) is 0 Å². The van der Waals surface area contributed by atoms with Gasteiger partial charge in [-0.3, -0.25) is 4.98 Å². The van der Waals surface area contributed by atoms with Crippen molar-refractivity contribution in [1.82, 2.24) is 4.98 Å². The molecular weight excluding hydrogens is 247 g/mol. The second-order valence-electron chi connectivity index (χ2n) is 4.09. The van der Waals surface area contributed by atoms with Gasteiger partial charge in [0.1, 0.15) is 5.82 Å². The Morgan fingerprint density at radius 2 is 2.11 bits per heavy atom. The molecule has 0 aliphatic carbocycles. The van der Waals surface area contributed by atoms with E-state index in [4.69, 9.17) is 5.73 Å². The highest BCUT2D eigenvalue weighted by molar-refractivity contribution is 7.19. The molecule has 0 saturated carbocycles. The molecule has 1 unspecified atom stereocenters. The molecule has 2 heterocycles. The first-order valence-electron chi connectivity index (χ1n) is 5.58. The van der Waals surface area contributed by atoms with Crippen molar-refractivity contribution in [2.45, 2.75) is 6.04 Å². The quantitative estimate of drug-likeness (QED) is 0.764. The molecular formula is C14H11FN2S. The summed E-state index contributed by atoms with van der Waals surface area (Å²) < 4.78 is 14.1. The van der Waals surface area contributed by atoms with E-state index in [1.54, 1.807) is 24.5 Å². The normalized spacial score (nSPS) is 12.8. The minimum absolute atomic E-state index is 0.209. The maximum absolute atomic E-state index is 13.1. The molecule has 2 aromatic heterocycles.